The number of methoxy groups -OCH3 is 1. The van der Waals surface area contributed by atoms with Crippen LogP contribution in [0.25, 0.3) is 11.4 Å². The maximum Gasteiger partial charge on any atom is 0.342 e. The second-order valence-electron chi connectivity index (χ2n) is 4.40. The summed E-state index contributed by atoms with van der Waals surface area (Å²) in [5.41, 5.74) is 2.95. The number of ether oxygens (including phenoxy) is 1. The number of nitrogens with zero attached hydrogens (tertiary/aromatic N) is 1. The van der Waals surface area contributed by atoms with Crippen molar-refractivity contribution in [3.05, 3.63) is 44.1 Å². The van der Waals surface area contributed by atoms with Crippen LogP contribution >= 0.6 is 28.1 Å². The molecule has 4 nitrogen and oxygen atoms in total. The molecule has 6 heteroatoms. The van der Waals surface area contributed by atoms with E-state index < -0.39 is 5.97 Å². The number of rotatable bonds is 2. The number of hydrogen-bond donors (Lipinski definition) is 1. The maximum absolute atomic E-state index is 11.7. The molecule has 0 unspecified atom stereocenters. The van der Waals surface area contributed by atoms with Gasteiger partial charge in [0.25, 0.3) is 0 Å². The molecule has 1 aromatic heterocycles. The van der Waals surface area contributed by atoms with Gasteiger partial charge in [-0.3, -0.25) is 0 Å². The van der Waals surface area contributed by atoms with Crippen molar-refractivity contribution in [3.8, 4) is 11.4 Å². The summed E-state index contributed by atoms with van der Waals surface area (Å²) in [4.78, 5) is 19.1. The van der Waals surface area contributed by atoms with Gasteiger partial charge in [0.1, 0.15) is 16.0 Å². The lowest BCUT2D eigenvalue weighted by Crippen LogP contribution is -2.08. The van der Waals surface area contributed by atoms with Crippen LogP contribution in [0, 0.1) is 18.5 Å². The fourth-order valence-corrected chi connectivity index (χ4v) is 2.87. The van der Waals surface area contributed by atoms with Gasteiger partial charge in [0, 0.05) is 15.7 Å². The Kier molecular flexibility index (Phi) is 4.35. The molecule has 0 spiro atoms. The highest BCUT2D eigenvalue weighted by atomic mass is 79.9. The van der Waals surface area contributed by atoms with Crippen molar-refractivity contribution in [2.24, 2.45) is 0 Å². The first-order valence-electron chi connectivity index (χ1n) is 5.89. The maximum atomic E-state index is 11.7. The van der Waals surface area contributed by atoms with E-state index in [4.69, 9.17) is 17.0 Å². The predicted molar refractivity (Wildman–Crippen MR) is 83.4 cm³/mol. The van der Waals surface area contributed by atoms with Crippen molar-refractivity contribution >= 4 is 34.1 Å². The van der Waals surface area contributed by atoms with Gasteiger partial charge >= 0.3 is 5.97 Å². The summed E-state index contributed by atoms with van der Waals surface area (Å²) < 4.78 is 5.91. The van der Waals surface area contributed by atoms with Crippen LogP contribution in [0.2, 0.25) is 0 Å². The van der Waals surface area contributed by atoms with E-state index in [0.717, 1.165) is 15.6 Å². The van der Waals surface area contributed by atoms with Gasteiger partial charge < -0.3 is 9.72 Å². The van der Waals surface area contributed by atoms with Gasteiger partial charge in [0.15, 0.2) is 0 Å². The number of aromatic nitrogens is 2. The lowest BCUT2D eigenvalue weighted by molar-refractivity contribution is 0.0598. The highest BCUT2D eigenvalue weighted by molar-refractivity contribution is 9.10. The number of H-pyrrole nitrogens is 1. The van der Waals surface area contributed by atoms with Crippen LogP contribution < -0.4 is 0 Å². The molecule has 0 bridgehead atoms. The fourth-order valence-electron chi connectivity index (χ4n) is 1.94. The van der Waals surface area contributed by atoms with Crippen molar-refractivity contribution in [2.75, 3.05) is 7.11 Å². The summed E-state index contributed by atoms with van der Waals surface area (Å²) in [6, 6.07) is 5.95. The molecule has 0 atom stereocenters. The highest BCUT2D eigenvalue weighted by Crippen LogP contribution is 2.23. The number of nitrogens with one attached hydrogen (secondary N) is 1. The van der Waals surface area contributed by atoms with Crippen molar-refractivity contribution in [2.45, 2.75) is 13.8 Å². The normalized spacial score (nSPS) is 10.4. The minimum atomic E-state index is -0.478. The van der Waals surface area contributed by atoms with E-state index in [1.807, 2.05) is 25.1 Å². The van der Waals surface area contributed by atoms with Crippen LogP contribution in [0.3, 0.4) is 0 Å². The Morgan fingerprint density at radius 2 is 2.05 bits per heavy atom. The number of esters is 1. The Hall–Kier alpha value is -1.53. The van der Waals surface area contributed by atoms with Gasteiger partial charge in [-0.15, -0.1) is 0 Å². The third kappa shape index (κ3) is 2.96. The van der Waals surface area contributed by atoms with Crippen molar-refractivity contribution in [1.82, 2.24) is 9.97 Å². The summed E-state index contributed by atoms with van der Waals surface area (Å²) in [7, 11) is 1.32. The van der Waals surface area contributed by atoms with Gasteiger partial charge in [0.2, 0.25) is 0 Å². The Labute approximate surface area is 130 Å². The molecule has 2 rings (SSSR count). The summed E-state index contributed by atoms with van der Waals surface area (Å²) in [5.74, 6) is 0.151. The highest BCUT2D eigenvalue weighted by Gasteiger charge is 2.15. The lowest BCUT2D eigenvalue weighted by Gasteiger charge is -2.08. The molecule has 20 heavy (non-hydrogen) atoms. The standard InChI is InChI=1S/C14H13BrN2O2S/c1-7-4-9(6-10(15)5-7)12-16-8(2)11(13(20)17-12)14(18)19-3/h4-6H,1-3H3,(H,16,17,20). The Morgan fingerprint density at radius 1 is 1.35 bits per heavy atom. The van der Waals surface area contributed by atoms with E-state index >= 15 is 0 Å². The molecule has 0 fully saturated rings. The molecule has 0 saturated heterocycles. The SMILES string of the molecule is COC(=O)c1c(C)[nH]c(-c2cc(C)cc(Br)c2)nc1=S. The second kappa shape index (κ2) is 5.85. The van der Waals surface area contributed by atoms with Crippen LogP contribution in [0.4, 0.5) is 0 Å². The average Bonchev–Trinajstić information content (AvgIpc) is 2.36. The zero-order valence-corrected chi connectivity index (χ0v) is 13.7. The number of aryl methyl sites for hydroxylation is 2. The Morgan fingerprint density at radius 3 is 2.60 bits per heavy atom. The van der Waals surface area contributed by atoms with Crippen LogP contribution in [0.15, 0.2) is 22.7 Å². The van der Waals surface area contributed by atoms with Gasteiger partial charge in [0.05, 0.1) is 7.11 Å². The third-order valence-electron chi connectivity index (χ3n) is 2.81. The van der Waals surface area contributed by atoms with Crippen molar-refractivity contribution in [3.63, 3.8) is 0 Å². The molecule has 0 aliphatic rings. The van der Waals surface area contributed by atoms with Gasteiger partial charge in [-0.05, 0) is 37.6 Å². The zero-order chi connectivity index (χ0) is 14.9. The molecule has 1 heterocycles. The van der Waals surface area contributed by atoms with Crippen LogP contribution in [0.5, 0.6) is 0 Å². The Balaban J connectivity index is 2.61. The summed E-state index contributed by atoms with van der Waals surface area (Å²) in [6.07, 6.45) is 0. The molecule has 104 valence electrons. The van der Waals surface area contributed by atoms with Crippen molar-refractivity contribution in [1.29, 1.82) is 0 Å². The molecule has 0 aliphatic carbocycles. The second-order valence-corrected chi connectivity index (χ2v) is 5.70. The minimum Gasteiger partial charge on any atom is -0.465 e. The van der Waals surface area contributed by atoms with E-state index in [9.17, 15) is 4.79 Å². The topological polar surface area (TPSA) is 55.0 Å². The Bertz CT molecular complexity index is 720. The van der Waals surface area contributed by atoms with Crippen molar-refractivity contribution < 1.29 is 9.53 Å². The van der Waals surface area contributed by atoms with Gasteiger partial charge in [-0.25, -0.2) is 9.78 Å². The van der Waals surface area contributed by atoms with E-state index in [-0.39, 0.29) is 4.64 Å². The molecular weight excluding hydrogens is 340 g/mol. The largest absolute Gasteiger partial charge is 0.465 e. The number of carbonyl (C=O) groups excluding carboxylic acids is 1. The first kappa shape index (κ1) is 14.9. The van der Waals surface area contributed by atoms with Gasteiger partial charge in [-0.2, -0.15) is 0 Å². The molecule has 0 aliphatic heterocycles. The van der Waals surface area contributed by atoms with E-state index in [1.54, 1.807) is 6.92 Å². The summed E-state index contributed by atoms with van der Waals surface area (Å²) in [5, 5.41) is 0. The quantitative estimate of drug-likeness (QED) is 0.656. The molecule has 1 N–H and O–H groups in total. The molecule has 0 radical (unpaired) electrons. The average molecular weight is 353 g/mol. The molecule has 0 saturated carbocycles. The number of halogens is 1. The van der Waals surface area contributed by atoms with Crippen LogP contribution in [-0.2, 0) is 4.74 Å². The number of aromatic amines is 1. The van der Waals surface area contributed by atoms with E-state index in [2.05, 4.69) is 25.9 Å². The first-order chi connectivity index (χ1) is 9.42. The number of carbonyl (C=O) groups is 1. The predicted octanol–water partition coefficient (Wildman–Crippen LogP) is 3.97. The fraction of sp³-hybridized carbons (Fsp3) is 0.214. The molecule has 1 aromatic carbocycles. The van der Waals surface area contributed by atoms with E-state index in [0.29, 0.717) is 17.1 Å². The van der Waals surface area contributed by atoms with Crippen LogP contribution in [0.1, 0.15) is 21.6 Å². The lowest BCUT2D eigenvalue weighted by atomic mass is 10.1. The number of hydrogen-bond acceptors (Lipinski definition) is 4. The monoisotopic (exact) mass is 352 g/mol. The number of benzene rings is 1. The third-order valence-corrected chi connectivity index (χ3v) is 3.57. The minimum absolute atomic E-state index is 0.237. The molecule has 0 amide bonds. The molecule has 2 aromatic rings. The summed E-state index contributed by atoms with van der Waals surface area (Å²) >= 11 is 8.65. The van der Waals surface area contributed by atoms with Crippen LogP contribution in [-0.4, -0.2) is 23.0 Å². The summed E-state index contributed by atoms with van der Waals surface area (Å²) in [6.45, 7) is 3.77. The molecular formula is C14H13BrN2O2S. The first-order valence-corrected chi connectivity index (χ1v) is 7.09. The van der Waals surface area contributed by atoms with Gasteiger partial charge in [-0.1, -0.05) is 28.1 Å². The smallest absolute Gasteiger partial charge is 0.342 e. The van der Waals surface area contributed by atoms with E-state index in [1.165, 1.54) is 7.11 Å². The zero-order valence-electron chi connectivity index (χ0n) is 11.3.